The molecule has 20 heavy (non-hydrogen) atoms. The lowest BCUT2D eigenvalue weighted by Crippen LogP contribution is -2.05. The first-order valence-corrected chi connectivity index (χ1v) is 6.61. The number of hydrogen-bond donors (Lipinski definition) is 1. The highest BCUT2D eigenvalue weighted by molar-refractivity contribution is 6.36. The van der Waals surface area contributed by atoms with Crippen LogP contribution in [-0.4, -0.2) is 18.1 Å². The van der Waals surface area contributed by atoms with Crippen LogP contribution in [0.3, 0.4) is 0 Å². The molecule has 0 amide bonds. The number of rotatable bonds is 3. The molecule has 0 saturated carbocycles. The number of ether oxygens (including phenoxy) is 1. The second-order valence-corrected chi connectivity index (χ2v) is 4.98. The van der Waals surface area contributed by atoms with E-state index in [1.165, 1.54) is 13.2 Å². The molecule has 0 aliphatic heterocycles. The van der Waals surface area contributed by atoms with Crippen LogP contribution in [0.5, 0.6) is 0 Å². The molecule has 0 unspecified atom stereocenters. The summed E-state index contributed by atoms with van der Waals surface area (Å²) >= 11 is 17.9. The zero-order valence-electron chi connectivity index (χ0n) is 10.3. The van der Waals surface area contributed by atoms with Crippen molar-refractivity contribution in [1.82, 2.24) is 4.98 Å². The van der Waals surface area contributed by atoms with Crippen LogP contribution < -0.4 is 5.32 Å². The fourth-order valence-corrected chi connectivity index (χ4v) is 2.14. The summed E-state index contributed by atoms with van der Waals surface area (Å²) in [5.41, 5.74) is 1.28. The fraction of sp³-hybridized carbons (Fsp3) is 0.0769. The number of esters is 1. The van der Waals surface area contributed by atoms with Gasteiger partial charge in [-0.25, -0.2) is 9.78 Å². The molecule has 2 aromatic rings. The van der Waals surface area contributed by atoms with Crippen LogP contribution in [0.4, 0.5) is 11.4 Å². The van der Waals surface area contributed by atoms with Gasteiger partial charge in [0.15, 0.2) is 5.15 Å². The minimum absolute atomic E-state index is 0.130. The Morgan fingerprint density at radius 1 is 1.15 bits per heavy atom. The van der Waals surface area contributed by atoms with Gasteiger partial charge in [-0.3, -0.25) is 0 Å². The van der Waals surface area contributed by atoms with E-state index < -0.39 is 5.97 Å². The highest BCUT2D eigenvalue weighted by Crippen LogP contribution is 2.30. The number of methoxy groups -OCH3 is 1. The Hall–Kier alpha value is -1.49. The van der Waals surface area contributed by atoms with Crippen molar-refractivity contribution in [2.45, 2.75) is 0 Å². The van der Waals surface area contributed by atoms with Crippen LogP contribution in [0.15, 0.2) is 30.3 Å². The van der Waals surface area contributed by atoms with Crippen LogP contribution >= 0.6 is 34.8 Å². The highest BCUT2D eigenvalue weighted by Gasteiger charge is 2.11. The van der Waals surface area contributed by atoms with Gasteiger partial charge in [0.05, 0.1) is 23.5 Å². The summed E-state index contributed by atoms with van der Waals surface area (Å²) in [4.78, 5) is 15.3. The van der Waals surface area contributed by atoms with Crippen LogP contribution in [-0.2, 0) is 4.74 Å². The molecule has 1 aromatic heterocycles. The van der Waals surface area contributed by atoms with Gasteiger partial charge >= 0.3 is 5.97 Å². The summed E-state index contributed by atoms with van der Waals surface area (Å²) in [6.07, 6.45) is 0. The number of carbonyl (C=O) groups excluding carboxylic acids is 1. The van der Waals surface area contributed by atoms with Gasteiger partial charge < -0.3 is 10.1 Å². The number of nitrogens with zero attached hydrogens (tertiary/aromatic N) is 1. The van der Waals surface area contributed by atoms with Gasteiger partial charge in [-0.2, -0.15) is 0 Å². The van der Waals surface area contributed by atoms with Crippen LogP contribution in [0.25, 0.3) is 0 Å². The summed E-state index contributed by atoms with van der Waals surface area (Å²) < 4.78 is 4.57. The van der Waals surface area contributed by atoms with Crippen molar-refractivity contribution in [3.63, 3.8) is 0 Å². The van der Waals surface area contributed by atoms with E-state index in [9.17, 15) is 4.79 Å². The average Bonchev–Trinajstić information content (AvgIpc) is 2.42. The molecule has 0 radical (unpaired) electrons. The van der Waals surface area contributed by atoms with E-state index in [2.05, 4.69) is 15.0 Å². The van der Waals surface area contributed by atoms with E-state index in [-0.39, 0.29) is 10.8 Å². The predicted molar refractivity (Wildman–Crippen MR) is 80.3 cm³/mol. The zero-order valence-corrected chi connectivity index (χ0v) is 12.6. The summed E-state index contributed by atoms with van der Waals surface area (Å²) in [6.45, 7) is 0. The van der Waals surface area contributed by atoms with Crippen molar-refractivity contribution >= 4 is 52.1 Å². The Bertz CT molecular complexity index is 662. The Balaban J connectivity index is 2.28. The lowest BCUT2D eigenvalue weighted by molar-refractivity contribution is 0.0594. The lowest BCUT2D eigenvalue weighted by Gasteiger charge is -2.10. The van der Waals surface area contributed by atoms with Crippen molar-refractivity contribution in [3.8, 4) is 0 Å². The Kier molecular flexibility index (Phi) is 4.70. The molecule has 0 atom stereocenters. The average molecular weight is 332 g/mol. The number of anilines is 2. The molecule has 1 heterocycles. The summed E-state index contributed by atoms with van der Waals surface area (Å²) in [7, 11) is 1.28. The quantitative estimate of drug-likeness (QED) is 0.661. The van der Waals surface area contributed by atoms with Gasteiger partial charge in [0, 0.05) is 5.02 Å². The summed E-state index contributed by atoms with van der Waals surface area (Å²) in [5.74, 6) is -0.553. The molecule has 0 aliphatic rings. The molecule has 0 bridgehead atoms. The van der Waals surface area contributed by atoms with Crippen molar-refractivity contribution in [2.24, 2.45) is 0 Å². The number of aromatic nitrogens is 1. The smallest absolute Gasteiger partial charge is 0.356 e. The highest BCUT2D eigenvalue weighted by atomic mass is 35.5. The molecule has 0 aliphatic carbocycles. The van der Waals surface area contributed by atoms with Gasteiger partial charge in [0.25, 0.3) is 0 Å². The molecule has 104 valence electrons. The van der Waals surface area contributed by atoms with E-state index in [0.29, 0.717) is 21.4 Å². The van der Waals surface area contributed by atoms with Crippen LogP contribution in [0.2, 0.25) is 15.2 Å². The van der Waals surface area contributed by atoms with E-state index in [1.807, 2.05) is 0 Å². The first-order valence-electron chi connectivity index (χ1n) is 5.48. The molecule has 0 saturated heterocycles. The topological polar surface area (TPSA) is 51.2 Å². The van der Waals surface area contributed by atoms with Crippen molar-refractivity contribution in [2.75, 3.05) is 12.4 Å². The van der Waals surface area contributed by atoms with Crippen molar-refractivity contribution < 1.29 is 9.53 Å². The Labute approximate surface area is 130 Å². The van der Waals surface area contributed by atoms with E-state index in [4.69, 9.17) is 34.8 Å². The van der Waals surface area contributed by atoms with Crippen molar-refractivity contribution in [1.29, 1.82) is 0 Å². The van der Waals surface area contributed by atoms with E-state index in [0.717, 1.165) is 0 Å². The summed E-state index contributed by atoms with van der Waals surface area (Å²) in [6, 6.07) is 8.14. The second-order valence-electron chi connectivity index (χ2n) is 3.78. The molecular formula is C13H9Cl3N2O2. The van der Waals surface area contributed by atoms with Gasteiger partial charge in [0.1, 0.15) is 5.69 Å². The van der Waals surface area contributed by atoms with Crippen LogP contribution in [0, 0.1) is 0 Å². The maximum atomic E-state index is 11.3. The van der Waals surface area contributed by atoms with Crippen LogP contribution in [0.1, 0.15) is 10.5 Å². The molecule has 1 N–H and O–H groups in total. The second kappa shape index (κ2) is 6.31. The molecule has 7 heteroatoms. The first kappa shape index (κ1) is 14.9. The predicted octanol–water partition coefficient (Wildman–Crippen LogP) is 4.57. The number of nitrogens with one attached hydrogen (secondary N) is 1. The SMILES string of the molecule is COC(=O)c1ccc(Nc2ccc(Cl)cc2Cl)c(Cl)n1. The molecule has 0 spiro atoms. The Morgan fingerprint density at radius 3 is 2.45 bits per heavy atom. The molecule has 0 fully saturated rings. The summed E-state index contributed by atoms with van der Waals surface area (Å²) in [5, 5.41) is 4.14. The third-order valence-corrected chi connectivity index (χ3v) is 3.28. The number of pyridine rings is 1. The Morgan fingerprint density at radius 2 is 1.85 bits per heavy atom. The van der Waals surface area contributed by atoms with Gasteiger partial charge in [-0.05, 0) is 30.3 Å². The molecule has 4 nitrogen and oxygen atoms in total. The molecular weight excluding hydrogens is 323 g/mol. The maximum absolute atomic E-state index is 11.3. The van der Waals surface area contributed by atoms with E-state index >= 15 is 0 Å². The normalized spacial score (nSPS) is 10.2. The number of hydrogen-bond acceptors (Lipinski definition) is 4. The third kappa shape index (κ3) is 3.33. The number of benzene rings is 1. The standard InChI is InChI=1S/C13H9Cl3N2O2/c1-20-13(19)11-5-4-10(12(16)18-11)17-9-3-2-7(14)6-8(9)15/h2-6,17H,1H3. The third-order valence-electron chi connectivity index (χ3n) is 2.44. The first-order chi connectivity index (χ1) is 9.51. The van der Waals surface area contributed by atoms with E-state index in [1.54, 1.807) is 24.3 Å². The molecule has 2 rings (SSSR count). The lowest BCUT2D eigenvalue weighted by atomic mass is 10.3. The largest absolute Gasteiger partial charge is 0.464 e. The maximum Gasteiger partial charge on any atom is 0.356 e. The van der Waals surface area contributed by atoms with Gasteiger partial charge in [-0.15, -0.1) is 0 Å². The fourth-order valence-electron chi connectivity index (χ4n) is 1.48. The number of halogens is 3. The monoisotopic (exact) mass is 330 g/mol. The molecule has 1 aromatic carbocycles. The number of carbonyl (C=O) groups is 1. The van der Waals surface area contributed by atoms with Gasteiger partial charge in [0.2, 0.25) is 0 Å². The van der Waals surface area contributed by atoms with Gasteiger partial charge in [-0.1, -0.05) is 34.8 Å². The minimum Gasteiger partial charge on any atom is -0.464 e. The van der Waals surface area contributed by atoms with Crippen molar-refractivity contribution in [3.05, 3.63) is 51.2 Å². The minimum atomic E-state index is -0.553. The zero-order chi connectivity index (χ0) is 14.7.